The Hall–Kier alpha value is -0.610. The Morgan fingerprint density at radius 2 is 2.18 bits per heavy atom. The van der Waals surface area contributed by atoms with Crippen molar-refractivity contribution in [2.45, 2.75) is 52.2 Å². The van der Waals surface area contributed by atoms with Crippen LogP contribution in [0.15, 0.2) is 0 Å². The number of likely N-dealkylation sites (tertiary alicyclic amines) is 1. The second-order valence-electron chi connectivity index (χ2n) is 5.34. The summed E-state index contributed by atoms with van der Waals surface area (Å²) >= 11 is 0. The van der Waals surface area contributed by atoms with E-state index >= 15 is 0 Å². The lowest BCUT2D eigenvalue weighted by molar-refractivity contribution is -0.132. The number of ether oxygens (including phenoxy) is 1. The molecular formula is C13H25NO3. The second kappa shape index (κ2) is 6.97. The molecule has 0 radical (unpaired) electrons. The number of amides is 1. The second-order valence-corrected chi connectivity index (χ2v) is 5.34. The van der Waals surface area contributed by atoms with Crippen molar-refractivity contribution in [3.63, 3.8) is 0 Å². The predicted octanol–water partition coefficient (Wildman–Crippen LogP) is 1.42. The summed E-state index contributed by atoms with van der Waals surface area (Å²) < 4.78 is 5.60. The molecule has 0 bridgehead atoms. The van der Waals surface area contributed by atoms with Gasteiger partial charge in [-0.1, -0.05) is 13.8 Å². The fraction of sp³-hybridized carbons (Fsp3) is 0.923. The maximum absolute atomic E-state index is 11.7. The molecule has 1 aliphatic heterocycles. The highest BCUT2D eigenvalue weighted by atomic mass is 16.5. The molecule has 4 nitrogen and oxygen atoms in total. The minimum atomic E-state index is -0.334. The van der Waals surface area contributed by atoms with Crippen molar-refractivity contribution in [2.24, 2.45) is 5.92 Å². The predicted molar refractivity (Wildman–Crippen MR) is 66.7 cm³/mol. The van der Waals surface area contributed by atoms with E-state index in [4.69, 9.17) is 4.74 Å². The first kappa shape index (κ1) is 14.5. The van der Waals surface area contributed by atoms with Gasteiger partial charge in [0.2, 0.25) is 5.91 Å². The van der Waals surface area contributed by atoms with Gasteiger partial charge < -0.3 is 14.7 Å². The van der Waals surface area contributed by atoms with Gasteiger partial charge in [-0.05, 0) is 25.7 Å². The molecule has 0 aromatic rings. The molecule has 0 spiro atoms. The zero-order valence-corrected chi connectivity index (χ0v) is 11.2. The SMILES string of the molecule is CC(C)CC(C)OCCC(=O)N1CC[C@@H](O)C1. The molecular weight excluding hydrogens is 218 g/mol. The van der Waals surface area contributed by atoms with Gasteiger partial charge in [-0.3, -0.25) is 4.79 Å². The van der Waals surface area contributed by atoms with E-state index in [1.807, 2.05) is 6.92 Å². The van der Waals surface area contributed by atoms with E-state index < -0.39 is 0 Å². The monoisotopic (exact) mass is 243 g/mol. The van der Waals surface area contributed by atoms with E-state index in [2.05, 4.69) is 13.8 Å². The zero-order chi connectivity index (χ0) is 12.8. The van der Waals surface area contributed by atoms with Crippen molar-refractivity contribution in [3.8, 4) is 0 Å². The number of β-amino-alcohol motifs (C(OH)–C–C–N with tert-alkyl or cyclic N) is 1. The van der Waals surface area contributed by atoms with Crippen LogP contribution < -0.4 is 0 Å². The Morgan fingerprint density at radius 1 is 1.47 bits per heavy atom. The largest absolute Gasteiger partial charge is 0.391 e. The highest BCUT2D eigenvalue weighted by Crippen LogP contribution is 2.11. The number of carbonyl (C=O) groups excluding carboxylic acids is 1. The Labute approximate surface area is 104 Å². The van der Waals surface area contributed by atoms with E-state index in [9.17, 15) is 9.90 Å². The number of aliphatic hydroxyl groups is 1. The molecule has 1 rings (SSSR count). The molecule has 100 valence electrons. The molecule has 17 heavy (non-hydrogen) atoms. The molecule has 1 N–H and O–H groups in total. The molecule has 0 aromatic heterocycles. The summed E-state index contributed by atoms with van der Waals surface area (Å²) in [6.07, 6.45) is 2.04. The molecule has 0 saturated carbocycles. The first-order valence-electron chi connectivity index (χ1n) is 6.56. The smallest absolute Gasteiger partial charge is 0.224 e. The first-order chi connectivity index (χ1) is 7.99. The number of hydrogen-bond acceptors (Lipinski definition) is 3. The number of nitrogens with zero attached hydrogens (tertiary/aromatic N) is 1. The molecule has 2 atom stereocenters. The molecule has 1 heterocycles. The van der Waals surface area contributed by atoms with Gasteiger partial charge in [-0.15, -0.1) is 0 Å². The van der Waals surface area contributed by atoms with Crippen LogP contribution in [0.4, 0.5) is 0 Å². The quantitative estimate of drug-likeness (QED) is 0.767. The molecule has 1 fully saturated rings. The number of rotatable bonds is 6. The standard InChI is InChI=1S/C13H25NO3/c1-10(2)8-11(3)17-7-5-13(16)14-6-4-12(15)9-14/h10-12,15H,4-9H2,1-3H3/t11?,12-/m1/s1. The van der Waals surface area contributed by atoms with Crippen LogP contribution in [0.5, 0.6) is 0 Å². The van der Waals surface area contributed by atoms with Crippen LogP contribution in [0.1, 0.15) is 40.0 Å². The fourth-order valence-corrected chi connectivity index (χ4v) is 2.21. The van der Waals surface area contributed by atoms with Crippen LogP contribution in [-0.4, -0.2) is 47.8 Å². The lowest BCUT2D eigenvalue weighted by atomic mass is 10.1. The van der Waals surface area contributed by atoms with Gasteiger partial charge in [0.05, 0.1) is 25.2 Å². The minimum Gasteiger partial charge on any atom is -0.391 e. The van der Waals surface area contributed by atoms with Crippen LogP contribution in [0.2, 0.25) is 0 Å². The van der Waals surface area contributed by atoms with Crippen LogP contribution in [0.3, 0.4) is 0 Å². The normalized spacial score (nSPS) is 22.2. The van der Waals surface area contributed by atoms with E-state index in [-0.39, 0.29) is 18.1 Å². The van der Waals surface area contributed by atoms with Gasteiger partial charge in [0.15, 0.2) is 0 Å². The summed E-state index contributed by atoms with van der Waals surface area (Å²) in [5, 5.41) is 9.34. The summed E-state index contributed by atoms with van der Waals surface area (Å²) in [7, 11) is 0. The summed E-state index contributed by atoms with van der Waals surface area (Å²) in [4.78, 5) is 13.5. The highest BCUT2D eigenvalue weighted by molar-refractivity contribution is 5.76. The third-order valence-electron chi connectivity index (χ3n) is 3.04. The molecule has 0 aromatic carbocycles. The Kier molecular flexibility index (Phi) is 5.92. The van der Waals surface area contributed by atoms with Crippen LogP contribution in [0, 0.1) is 5.92 Å². The minimum absolute atomic E-state index is 0.0956. The van der Waals surface area contributed by atoms with Gasteiger partial charge in [0, 0.05) is 13.1 Å². The Morgan fingerprint density at radius 3 is 2.71 bits per heavy atom. The molecule has 1 unspecified atom stereocenters. The molecule has 1 saturated heterocycles. The van der Waals surface area contributed by atoms with E-state index in [1.54, 1.807) is 4.90 Å². The maximum Gasteiger partial charge on any atom is 0.224 e. The molecule has 1 amide bonds. The molecule has 1 aliphatic rings. The first-order valence-corrected chi connectivity index (χ1v) is 6.56. The lowest BCUT2D eigenvalue weighted by Crippen LogP contribution is -2.30. The van der Waals surface area contributed by atoms with Gasteiger partial charge in [-0.25, -0.2) is 0 Å². The van der Waals surface area contributed by atoms with Gasteiger partial charge >= 0.3 is 0 Å². The topological polar surface area (TPSA) is 49.8 Å². The maximum atomic E-state index is 11.7. The molecule has 0 aliphatic carbocycles. The third kappa shape index (κ3) is 5.50. The van der Waals surface area contributed by atoms with E-state index in [1.165, 1.54) is 0 Å². The number of hydrogen-bond donors (Lipinski definition) is 1. The summed E-state index contributed by atoms with van der Waals surface area (Å²) in [5.74, 6) is 0.715. The van der Waals surface area contributed by atoms with Crippen molar-refractivity contribution in [2.75, 3.05) is 19.7 Å². The van der Waals surface area contributed by atoms with Crippen molar-refractivity contribution < 1.29 is 14.6 Å². The van der Waals surface area contributed by atoms with Crippen molar-refractivity contribution in [1.82, 2.24) is 4.90 Å². The van der Waals surface area contributed by atoms with Gasteiger partial charge in [0.25, 0.3) is 0 Å². The van der Waals surface area contributed by atoms with E-state index in [0.717, 1.165) is 6.42 Å². The van der Waals surface area contributed by atoms with E-state index in [0.29, 0.717) is 38.5 Å². The van der Waals surface area contributed by atoms with Crippen LogP contribution in [-0.2, 0) is 9.53 Å². The van der Waals surface area contributed by atoms with Gasteiger partial charge in [-0.2, -0.15) is 0 Å². The van der Waals surface area contributed by atoms with Crippen molar-refractivity contribution in [3.05, 3.63) is 0 Å². The zero-order valence-electron chi connectivity index (χ0n) is 11.2. The third-order valence-corrected chi connectivity index (χ3v) is 3.04. The lowest BCUT2D eigenvalue weighted by Gasteiger charge is -2.18. The number of aliphatic hydroxyl groups excluding tert-OH is 1. The Bertz CT molecular complexity index is 243. The summed E-state index contributed by atoms with van der Waals surface area (Å²) in [6.45, 7) is 8.03. The average Bonchev–Trinajstić information content (AvgIpc) is 2.63. The van der Waals surface area contributed by atoms with Crippen molar-refractivity contribution in [1.29, 1.82) is 0 Å². The van der Waals surface area contributed by atoms with Crippen LogP contribution in [0.25, 0.3) is 0 Å². The molecule has 4 heteroatoms. The Balaban J connectivity index is 2.12. The number of carbonyl (C=O) groups is 1. The average molecular weight is 243 g/mol. The van der Waals surface area contributed by atoms with Gasteiger partial charge in [0.1, 0.15) is 0 Å². The summed E-state index contributed by atoms with van der Waals surface area (Å²) in [6, 6.07) is 0. The highest BCUT2D eigenvalue weighted by Gasteiger charge is 2.24. The fourth-order valence-electron chi connectivity index (χ4n) is 2.21. The van der Waals surface area contributed by atoms with Crippen LogP contribution >= 0.6 is 0 Å². The van der Waals surface area contributed by atoms with Crippen molar-refractivity contribution >= 4 is 5.91 Å². The summed E-state index contributed by atoms with van der Waals surface area (Å²) in [5.41, 5.74) is 0.